The van der Waals surface area contributed by atoms with E-state index in [2.05, 4.69) is 10.3 Å². The number of carbonyl (C=O) groups is 1. The Hall–Kier alpha value is -2.02. The van der Waals surface area contributed by atoms with E-state index < -0.39 is 12.0 Å². The Morgan fingerprint density at radius 2 is 2.25 bits per heavy atom. The zero-order valence-electron chi connectivity index (χ0n) is 13.7. The number of aromatic nitrogens is 1. The van der Waals surface area contributed by atoms with E-state index in [1.54, 1.807) is 5.48 Å². The largest absolute Gasteiger partial charge is 0.388 e. The van der Waals surface area contributed by atoms with Gasteiger partial charge in [-0.15, -0.1) is 0 Å². The summed E-state index contributed by atoms with van der Waals surface area (Å²) in [7, 11) is 0. The smallest absolute Gasteiger partial charge is 0.243 e. The average molecular weight is 329 g/mol. The van der Waals surface area contributed by atoms with E-state index in [0.717, 1.165) is 35.1 Å². The number of nitrogens with one attached hydrogen (secondary N) is 2. The second kappa shape index (κ2) is 7.25. The predicted molar refractivity (Wildman–Crippen MR) is 90.5 cm³/mol. The lowest BCUT2D eigenvalue weighted by atomic mass is 9.77. The maximum atomic E-state index is 11.6. The molecule has 2 heterocycles. The fraction of sp³-hybridized carbons (Fsp3) is 0.444. The summed E-state index contributed by atoms with van der Waals surface area (Å²) in [5.74, 6) is -0.501. The number of carbonyl (C=O) groups excluding carboxylic acids is 1. The molecule has 2 unspecified atom stereocenters. The van der Waals surface area contributed by atoms with Crippen LogP contribution in [0.2, 0.25) is 0 Å². The third-order valence-corrected chi connectivity index (χ3v) is 4.84. The maximum absolute atomic E-state index is 11.6. The third-order valence-electron chi connectivity index (χ3n) is 4.84. The van der Waals surface area contributed by atoms with E-state index >= 15 is 0 Å². The van der Waals surface area contributed by atoms with Gasteiger partial charge in [0.15, 0.2) is 0 Å². The molecule has 1 aliphatic heterocycles. The van der Waals surface area contributed by atoms with Crippen molar-refractivity contribution in [3.8, 4) is 0 Å². The van der Waals surface area contributed by atoms with Crippen molar-refractivity contribution in [3.05, 3.63) is 41.6 Å². The molecule has 1 fully saturated rings. The molecule has 0 radical (unpaired) electrons. The number of benzene rings is 1. The molecule has 2 aromatic rings. The third kappa shape index (κ3) is 3.40. The number of amides is 1. The van der Waals surface area contributed by atoms with Crippen LogP contribution < -0.4 is 10.8 Å². The van der Waals surface area contributed by atoms with Crippen molar-refractivity contribution in [3.63, 3.8) is 0 Å². The number of para-hydroxylation sites is 1. The Balaban J connectivity index is 1.94. The van der Waals surface area contributed by atoms with Gasteiger partial charge in [-0.3, -0.25) is 15.0 Å². The summed E-state index contributed by atoms with van der Waals surface area (Å²) in [6, 6.07) is 9.71. The average Bonchev–Trinajstić information content (AvgIpc) is 2.60. The lowest BCUT2D eigenvalue weighted by Gasteiger charge is -2.35. The van der Waals surface area contributed by atoms with Gasteiger partial charge in [-0.1, -0.05) is 18.2 Å². The predicted octanol–water partition coefficient (Wildman–Crippen LogP) is 1.70. The van der Waals surface area contributed by atoms with Crippen LogP contribution in [0.3, 0.4) is 0 Å². The number of hydrogen-bond acceptors (Lipinski definition) is 5. The van der Waals surface area contributed by atoms with Crippen molar-refractivity contribution in [1.82, 2.24) is 15.8 Å². The van der Waals surface area contributed by atoms with Crippen LogP contribution in [0.5, 0.6) is 0 Å². The Bertz CT molecular complexity index is 735. The first-order chi connectivity index (χ1) is 11.6. The molecule has 3 rings (SSSR count). The fourth-order valence-corrected chi connectivity index (χ4v) is 3.68. The lowest BCUT2D eigenvalue weighted by Crippen LogP contribution is -2.41. The zero-order chi connectivity index (χ0) is 17.1. The molecule has 4 N–H and O–H groups in total. The van der Waals surface area contributed by atoms with Crippen LogP contribution in [0, 0.1) is 18.8 Å². The summed E-state index contributed by atoms with van der Waals surface area (Å²) in [6.45, 7) is 3.37. The number of hydroxylamine groups is 1. The van der Waals surface area contributed by atoms with Gasteiger partial charge in [0, 0.05) is 17.5 Å². The van der Waals surface area contributed by atoms with Gasteiger partial charge >= 0.3 is 0 Å². The summed E-state index contributed by atoms with van der Waals surface area (Å²) in [5.41, 5.74) is 4.28. The summed E-state index contributed by atoms with van der Waals surface area (Å²) in [5, 5.41) is 24.1. The Morgan fingerprint density at radius 1 is 1.46 bits per heavy atom. The van der Waals surface area contributed by atoms with E-state index in [9.17, 15) is 9.90 Å². The first kappa shape index (κ1) is 16.8. The molecule has 1 amide bonds. The summed E-state index contributed by atoms with van der Waals surface area (Å²) < 4.78 is 0. The highest BCUT2D eigenvalue weighted by atomic mass is 16.5. The number of rotatable bonds is 4. The molecule has 0 spiro atoms. The number of aliphatic hydroxyl groups is 1. The Morgan fingerprint density at radius 3 is 3.04 bits per heavy atom. The number of aliphatic hydroxyl groups excluding tert-OH is 1. The first-order valence-corrected chi connectivity index (χ1v) is 8.28. The van der Waals surface area contributed by atoms with Gasteiger partial charge in [0.05, 0.1) is 11.6 Å². The van der Waals surface area contributed by atoms with Crippen molar-refractivity contribution in [2.75, 3.05) is 13.1 Å². The number of nitrogens with zero attached hydrogens (tertiary/aromatic N) is 1. The molecular weight excluding hydrogens is 306 g/mol. The summed E-state index contributed by atoms with van der Waals surface area (Å²) >= 11 is 0. The minimum atomic E-state index is -0.671. The molecule has 1 aromatic heterocycles. The molecule has 1 aromatic carbocycles. The normalized spacial score (nSPS) is 22.3. The first-order valence-electron chi connectivity index (χ1n) is 8.28. The highest BCUT2D eigenvalue weighted by Crippen LogP contribution is 2.37. The van der Waals surface area contributed by atoms with E-state index in [4.69, 9.17) is 5.21 Å². The molecule has 0 aliphatic carbocycles. The minimum Gasteiger partial charge on any atom is -0.388 e. The molecule has 1 saturated heterocycles. The highest BCUT2D eigenvalue weighted by molar-refractivity contribution is 5.82. The minimum absolute atomic E-state index is 0.0341. The van der Waals surface area contributed by atoms with Gasteiger partial charge in [0.25, 0.3) is 0 Å². The van der Waals surface area contributed by atoms with Crippen molar-refractivity contribution < 1.29 is 15.1 Å². The molecule has 6 nitrogen and oxygen atoms in total. The topological polar surface area (TPSA) is 94.5 Å². The van der Waals surface area contributed by atoms with E-state index in [-0.39, 0.29) is 18.3 Å². The van der Waals surface area contributed by atoms with Crippen LogP contribution in [-0.4, -0.2) is 34.3 Å². The van der Waals surface area contributed by atoms with E-state index in [1.807, 2.05) is 37.3 Å². The van der Waals surface area contributed by atoms with Gasteiger partial charge in [0.1, 0.15) is 0 Å². The summed E-state index contributed by atoms with van der Waals surface area (Å²) in [4.78, 5) is 16.1. The van der Waals surface area contributed by atoms with Crippen molar-refractivity contribution in [1.29, 1.82) is 0 Å². The molecule has 0 saturated carbocycles. The number of pyridine rings is 1. The fourth-order valence-electron chi connectivity index (χ4n) is 3.68. The number of fused-ring (bicyclic) bond motifs is 1. The van der Waals surface area contributed by atoms with Crippen LogP contribution in [-0.2, 0) is 4.79 Å². The van der Waals surface area contributed by atoms with Gasteiger partial charge < -0.3 is 10.4 Å². The van der Waals surface area contributed by atoms with E-state index in [1.165, 1.54) is 0 Å². The molecular formula is C18H23N3O3. The van der Waals surface area contributed by atoms with Crippen molar-refractivity contribution >= 4 is 16.8 Å². The van der Waals surface area contributed by atoms with Crippen molar-refractivity contribution in [2.24, 2.45) is 11.8 Å². The lowest BCUT2D eigenvalue weighted by molar-refractivity contribution is -0.131. The van der Waals surface area contributed by atoms with E-state index in [0.29, 0.717) is 6.54 Å². The van der Waals surface area contributed by atoms with Crippen LogP contribution >= 0.6 is 0 Å². The molecule has 1 aliphatic rings. The van der Waals surface area contributed by atoms with Crippen LogP contribution in [0.25, 0.3) is 10.9 Å². The SMILES string of the molecule is Cc1cc(C(O)C2CCNC[C@H]2CC(=O)NO)c2ccccc2n1. The van der Waals surface area contributed by atoms with Crippen molar-refractivity contribution in [2.45, 2.75) is 25.9 Å². The highest BCUT2D eigenvalue weighted by Gasteiger charge is 2.33. The van der Waals surface area contributed by atoms with Crippen LogP contribution in [0.4, 0.5) is 0 Å². The van der Waals surface area contributed by atoms with Crippen LogP contribution in [0.1, 0.15) is 30.2 Å². The second-order valence-corrected chi connectivity index (χ2v) is 6.47. The molecule has 24 heavy (non-hydrogen) atoms. The summed E-state index contributed by atoms with van der Waals surface area (Å²) in [6.07, 6.45) is 0.295. The number of hydrogen-bond donors (Lipinski definition) is 4. The second-order valence-electron chi connectivity index (χ2n) is 6.47. The van der Waals surface area contributed by atoms with Crippen LogP contribution in [0.15, 0.2) is 30.3 Å². The van der Waals surface area contributed by atoms with Gasteiger partial charge in [-0.25, -0.2) is 5.48 Å². The Labute approximate surface area is 140 Å². The standard InChI is InChI=1S/C18H23N3O3/c1-11-8-15(14-4-2-3-5-16(14)20-11)18(23)13-6-7-19-10-12(13)9-17(22)21-24/h2-5,8,12-13,18-19,23-24H,6-7,9-10H2,1H3,(H,21,22)/t12-,13?,18?/m1/s1. The number of aryl methyl sites for hydroxylation is 1. The van der Waals surface area contributed by atoms with Gasteiger partial charge in [-0.05, 0) is 56.0 Å². The molecule has 6 heteroatoms. The van der Waals surface area contributed by atoms with Gasteiger partial charge in [0.2, 0.25) is 5.91 Å². The monoisotopic (exact) mass is 329 g/mol. The molecule has 128 valence electrons. The molecule has 0 bridgehead atoms. The quantitative estimate of drug-likeness (QED) is 0.506. The number of piperidine rings is 1. The zero-order valence-corrected chi connectivity index (χ0v) is 13.7. The molecule has 3 atom stereocenters. The van der Waals surface area contributed by atoms with Gasteiger partial charge in [-0.2, -0.15) is 0 Å². The maximum Gasteiger partial charge on any atom is 0.243 e. The Kier molecular flexibility index (Phi) is 5.08.